The maximum Gasteiger partial charge on any atom is 0.416 e. The van der Waals surface area contributed by atoms with Crippen molar-refractivity contribution in [3.63, 3.8) is 0 Å². The second-order valence-corrected chi connectivity index (χ2v) is 19.7. The number of furan rings is 1. The van der Waals surface area contributed by atoms with Crippen LogP contribution in [0.15, 0.2) is 171 Å². The van der Waals surface area contributed by atoms with Crippen molar-refractivity contribution in [2.45, 2.75) is 79.1 Å². The molecule has 20 heteroatoms. The molecule has 0 saturated carbocycles. The minimum Gasteiger partial charge on any atom is -0.459 e. The molecule has 0 radical (unpaired) electrons. The number of amides is 4. The molecule has 0 spiro atoms. The lowest BCUT2D eigenvalue weighted by atomic mass is 10.1. The van der Waals surface area contributed by atoms with Crippen LogP contribution in [0.4, 0.5) is 30.2 Å². The number of hydrazone groups is 1. The molecule has 9 rings (SSSR count). The fraction of sp³-hybridized carbons (Fsp3) is 0.230. The molecule has 0 unspecified atom stereocenters. The maximum absolute atomic E-state index is 12.8. The van der Waals surface area contributed by atoms with Crippen molar-refractivity contribution in [1.82, 2.24) is 31.3 Å². The number of rotatable bonds is 16. The van der Waals surface area contributed by atoms with Crippen molar-refractivity contribution >= 4 is 79.6 Å². The zero-order valence-corrected chi connectivity index (χ0v) is 46.3. The SMILES string of the molecule is C/C(=N\NC(=O)c1ccco1)c1ccc(N)cc1.CC[C@H](C)C(=O)NCCCC[C@@H](NC(C)=O)C(=O)NCc1cccc(C(F)(F)F)c1.Cc1nc(-c2ccc(N)cc2)cs1.Nc1ccc2oc(-c3ccc4ccccc4c3)nc2c1. The average molecular weight is 1120 g/mol. The van der Waals surface area contributed by atoms with Gasteiger partial charge in [0.05, 0.1) is 28.2 Å². The van der Waals surface area contributed by atoms with Gasteiger partial charge in [0, 0.05) is 59.5 Å². The molecule has 2 atom stereocenters. The second kappa shape index (κ2) is 29.6. The fourth-order valence-corrected chi connectivity index (χ4v) is 8.28. The summed E-state index contributed by atoms with van der Waals surface area (Å²) in [5, 5.41) is 17.5. The number of nitrogens with two attached hydrogens (primary N) is 3. The third-order valence-corrected chi connectivity index (χ3v) is 13.1. The number of benzene rings is 6. The van der Waals surface area contributed by atoms with E-state index in [2.05, 4.69) is 66.1 Å². The van der Waals surface area contributed by atoms with Crippen LogP contribution in [-0.2, 0) is 27.1 Å². The third kappa shape index (κ3) is 19.2. The Morgan fingerprint density at radius 1 is 0.728 bits per heavy atom. The van der Waals surface area contributed by atoms with Crippen LogP contribution in [0.3, 0.4) is 0 Å². The Labute approximate surface area is 471 Å². The highest BCUT2D eigenvalue weighted by Gasteiger charge is 2.30. The van der Waals surface area contributed by atoms with Crippen LogP contribution in [-0.4, -0.2) is 51.9 Å². The topological polar surface area (TPSA) is 259 Å². The third-order valence-electron chi connectivity index (χ3n) is 12.3. The predicted octanol–water partition coefficient (Wildman–Crippen LogP) is 12.1. The van der Waals surface area contributed by atoms with Gasteiger partial charge in [0.25, 0.3) is 0 Å². The number of carbonyl (C=O) groups excluding carboxylic acids is 4. The zero-order valence-electron chi connectivity index (χ0n) is 45.5. The number of carbonyl (C=O) groups is 4. The van der Waals surface area contributed by atoms with Gasteiger partial charge < -0.3 is 42.0 Å². The zero-order chi connectivity index (χ0) is 58.5. The van der Waals surface area contributed by atoms with Gasteiger partial charge in [0.1, 0.15) is 11.6 Å². The number of aromatic nitrogens is 2. The number of nitrogens with one attached hydrogen (secondary N) is 4. The van der Waals surface area contributed by atoms with Crippen molar-refractivity contribution in [2.75, 3.05) is 23.7 Å². The second-order valence-electron chi connectivity index (χ2n) is 18.7. The number of alkyl halides is 3. The number of nitrogens with zero attached hydrogens (tertiary/aromatic N) is 3. The molecule has 81 heavy (non-hydrogen) atoms. The highest BCUT2D eigenvalue weighted by molar-refractivity contribution is 7.09. The van der Waals surface area contributed by atoms with Gasteiger partial charge in [-0.05, 0) is 140 Å². The van der Waals surface area contributed by atoms with Crippen LogP contribution in [0.2, 0.25) is 0 Å². The molecule has 10 N–H and O–H groups in total. The number of anilines is 3. The van der Waals surface area contributed by atoms with Crippen molar-refractivity contribution in [3.05, 3.63) is 185 Å². The Balaban J connectivity index is 0.000000181. The molecule has 6 aromatic carbocycles. The van der Waals surface area contributed by atoms with Gasteiger partial charge in [-0.2, -0.15) is 18.3 Å². The Morgan fingerprint density at radius 2 is 1.42 bits per heavy atom. The highest BCUT2D eigenvalue weighted by Crippen LogP contribution is 2.30. The fourth-order valence-electron chi connectivity index (χ4n) is 7.66. The van der Waals surface area contributed by atoms with E-state index in [4.69, 9.17) is 26.0 Å². The molecule has 422 valence electrons. The van der Waals surface area contributed by atoms with Crippen LogP contribution in [0, 0.1) is 12.8 Å². The van der Waals surface area contributed by atoms with E-state index in [0.717, 1.165) is 62.7 Å². The minimum atomic E-state index is -4.46. The summed E-state index contributed by atoms with van der Waals surface area (Å²) >= 11 is 1.66. The Hall–Kier alpha value is -9.30. The van der Waals surface area contributed by atoms with Gasteiger partial charge in [-0.3, -0.25) is 19.2 Å². The predicted molar refractivity (Wildman–Crippen MR) is 315 cm³/mol. The maximum atomic E-state index is 12.8. The lowest BCUT2D eigenvalue weighted by molar-refractivity contribution is -0.137. The summed E-state index contributed by atoms with van der Waals surface area (Å²) in [6.45, 7) is 9.27. The summed E-state index contributed by atoms with van der Waals surface area (Å²) in [5.41, 5.74) is 27.3. The van der Waals surface area contributed by atoms with Gasteiger partial charge in [-0.1, -0.05) is 80.6 Å². The number of hydrogen-bond acceptors (Lipinski definition) is 13. The number of hydrogen-bond donors (Lipinski definition) is 7. The summed E-state index contributed by atoms with van der Waals surface area (Å²) in [6.07, 6.45) is -0.688. The molecule has 9 aromatic rings. The van der Waals surface area contributed by atoms with Gasteiger partial charge in [-0.15, -0.1) is 11.3 Å². The Morgan fingerprint density at radius 3 is 2.07 bits per heavy atom. The summed E-state index contributed by atoms with van der Waals surface area (Å²) < 4.78 is 49.1. The summed E-state index contributed by atoms with van der Waals surface area (Å²) in [7, 11) is 0. The van der Waals surface area contributed by atoms with Gasteiger partial charge in [0.2, 0.25) is 23.6 Å². The van der Waals surface area contributed by atoms with E-state index in [1.807, 2.05) is 93.6 Å². The first-order valence-corrected chi connectivity index (χ1v) is 26.8. The Kier molecular flexibility index (Phi) is 22.3. The summed E-state index contributed by atoms with van der Waals surface area (Å²) in [5.74, 6) is -0.450. The van der Waals surface area contributed by atoms with Gasteiger partial charge >= 0.3 is 12.1 Å². The van der Waals surface area contributed by atoms with Crippen LogP contribution in [0.1, 0.15) is 85.6 Å². The smallest absolute Gasteiger partial charge is 0.416 e. The number of unbranched alkanes of at least 4 members (excludes halogenated alkanes) is 1. The largest absolute Gasteiger partial charge is 0.459 e. The van der Waals surface area contributed by atoms with Crippen LogP contribution < -0.4 is 38.6 Å². The normalized spacial score (nSPS) is 11.8. The van der Waals surface area contributed by atoms with Gasteiger partial charge in [-0.25, -0.2) is 15.4 Å². The summed E-state index contributed by atoms with van der Waals surface area (Å²) in [6, 6.07) is 42.1. The molecule has 0 aliphatic rings. The lowest BCUT2D eigenvalue weighted by Crippen LogP contribution is -2.45. The average Bonchev–Trinajstić information content (AvgIpc) is 4.28. The molecule has 16 nitrogen and oxygen atoms in total. The molecule has 3 heterocycles. The molecule has 3 aromatic heterocycles. The van der Waals surface area contributed by atoms with Crippen LogP contribution in [0.25, 0.3) is 44.6 Å². The van der Waals surface area contributed by atoms with E-state index in [1.54, 1.807) is 42.5 Å². The van der Waals surface area contributed by atoms with E-state index in [9.17, 15) is 32.3 Å². The molecule has 0 saturated heterocycles. The molecule has 0 bridgehead atoms. The number of oxazole rings is 1. The summed E-state index contributed by atoms with van der Waals surface area (Å²) in [4.78, 5) is 56.0. The molecule has 0 aliphatic carbocycles. The van der Waals surface area contributed by atoms with Crippen molar-refractivity contribution < 1.29 is 41.2 Å². The quantitative estimate of drug-likeness (QED) is 0.0207. The molecule has 4 amide bonds. The van der Waals surface area contributed by atoms with E-state index in [0.29, 0.717) is 54.3 Å². The van der Waals surface area contributed by atoms with Crippen molar-refractivity contribution in [2.24, 2.45) is 11.0 Å². The first kappa shape index (κ1) is 60.9. The highest BCUT2D eigenvalue weighted by atomic mass is 32.1. The first-order valence-electron chi connectivity index (χ1n) is 25.9. The minimum absolute atomic E-state index is 0.0188. The number of thiazole rings is 1. The standard InChI is InChI=1S/C21H30F3N3O3.C17H12N2O.C13H13N3O2.C10H10N2S/c1-4-14(2)19(29)25-11-6-5-10-18(27-15(3)28)20(30)26-13-16-8-7-9-17(12-16)21(22,23)24;18-14-7-8-16-15(10-14)19-17(20-16)13-6-5-11-3-1-2-4-12(11)9-13;1-9(10-4-6-11(14)7-5-10)15-16-13(17)12-3-2-8-18-12;1-7-12-10(6-13-7)8-2-4-9(11)5-3-8/h7-9,12,14,18H,4-6,10-11,13H2,1-3H3,(H,25,29)(H,26,30)(H,27,28);1-10H,18H2;2-8H,14H2,1H3,(H,16,17);2-6H,11H2,1H3/b;;15-9+;/t14-,18+;;;/m0.../s1. The van der Waals surface area contributed by atoms with Crippen molar-refractivity contribution in [3.8, 4) is 22.7 Å². The van der Waals surface area contributed by atoms with Gasteiger partial charge in [0.15, 0.2) is 11.3 Å². The molecular weight excluding hydrogens is 1060 g/mol. The van der Waals surface area contributed by atoms with Crippen LogP contribution in [0.5, 0.6) is 0 Å². The monoisotopic (exact) mass is 1120 g/mol. The molecular formula is C61H65F3N10O6S. The number of aryl methyl sites for hydroxylation is 1. The number of fused-ring (bicyclic) bond motifs is 2. The number of nitrogen functional groups attached to an aromatic ring is 3. The van der Waals surface area contributed by atoms with E-state index < -0.39 is 23.7 Å². The first-order chi connectivity index (χ1) is 38.8. The lowest BCUT2D eigenvalue weighted by Gasteiger charge is -2.18. The van der Waals surface area contributed by atoms with E-state index in [1.165, 1.54) is 36.1 Å². The Bertz CT molecular complexity index is 3530. The van der Waals surface area contributed by atoms with E-state index >= 15 is 0 Å². The van der Waals surface area contributed by atoms with E-state index in [-0.39, 0.29) is 35.9 Å². The number of halogens is 3. The van der Waals surface area contributed by atoms with Crippen LogP contribution >= 0.6 is 11.3 Å². The molecule has 0 aliphatic heterocycles. The molecule has 0 fully saturated rings. The van der Waals surface area contributed by atoms with Crippen molar-refractivity contribution in [1.29, 1.82) is 0 Å².